The molecule has 9 heteroatoms. The number of pyridine rings is 1. The van der Waals surface area contributed by atoms with Gasteiger partial charge in [0.1, 0.15) is 6.20 Å². The summed E-state index contributed by atoms with van der Waals surface area (Å²) in [6.07, 6.45) is 2.70. The summed E-state index contributed by atoms with van der Waals surface area (Å²) in [7, 11) is 15.9. The van der Waals surface area contributed by atoms with Crippen molar-refractivity contribution in [3.05, 3.63) is 152 Å². The minimum atomic E-state index is -3.77. The molecule has 0 amide bonds. The fourth-order valence-corrected chi connectivity index (χ4v) is 14.8. The molecule has 248 valence electrons. The number of hydrogen-bond donors (Lipinski definition) is 0. The topological polar surface area (TPSA) is 62.5 Å². The summed E-state index contributed by atoms with van der Waals surface area (Å²) >= 11 is -3.77. The van der Waals surface area contributed by atoms with Crippen molar-refractivity contribution < 1.29 is 16.8 Å². The predicted molar refractivity (Wildman–Crippen MR) is 199 cm³/mol. The van der Waals surface area contributed by atoms with Crippen LogP contribution in [-0.4, -0.2) is 31.5 Å². The summed E-state index contributed by atoms with van der Waals surface area (Å²) in [5, 5.41) is 9.97. The number of fused-ring (bicyclic) bond motifs is 3. The van der Waals surface area contributed by atoms with E-state index in [-0.39, 0.29) is 5.69 Å². The van der Waals surface area contributed by atoms with Gasteiger partial charge in [0.05, 0.1) is 4.92 Å². The summed E-state index contributed by atoms with van der Waals surface area (Å²) in [6, 6.07) is 29.2. The van der Waals surface area contributed by atoms with Crippen LogP contribution in [0.25, 0.3) is 11.1 Å². The van der Waals surface area contributed by atoms with Crippen LogP contribution in [0.2, 0.25) is 0 Å². The Morgan fingerprint density at radius 1 is 0.667 bits per heavy atom. The Morgan fingerprint density at radius 3 is 1.44 bits per heavy atom. The van der Waals surface area contributed by atoms with Crippen molar-refractivity contribution in [3.8, 4) is 11.1 Å². The van der Waals surface area contributed by atoms with Crippen LogP contribution in [0.5, 0.6) is 0 Å². The second-order valence-corrected chi connectivity index (χ2v) is 21.5. The third-order valence-corrected chi connectivity index (χ3v) is 15.6. The number of nitrogens with zero attached hydrogens (tertiary/aromatic N) is 4. The maximum absolute atomic E-state index is 9.97. The average Bonchev–Trinajstić information content (AvgIpc) is 3.61. The molecule has 48 heavy (non-hydrogen) atoms. The van der Waals surface area contributed by atoms with E-state index in [1.54, 1.807) is 0 Å². The molecule has 4 aromatic carbocycles. The largest absolute Gasteiger partial charge is 0.287 e. The van der Waals surface area contributed by atoms with Crippen molar-refractivity contribution in [2.75, 3.05) is 22.9 Å². The van der Waals surface area contributed by atoms with E-state index in [1.807, 2.05) is 0 Å². The molecule has 1 aliphatic heterocycles. The molecule has 0 atom stereocenters. The first kappa shape index (κ1) is 33.9. The Morgan fingerprint density at radius 2 is 1.08 bits per heavy atom. The fraction of sp³-hybridized carbons (Fsp3) is 0.205. The molecule has 2 heterocycles. The summed E-state index contributed by atoms with van der Waals surface area (Å²) in [5.74, 6) is 0. The van der Waals surface area contributed by atoms with Crippen LogP contribution in [-0.2, 0) is 11.9 Å². The quantitative estimate of drug-likeness (QED) is 0.102. The fourth-order valence-electron chi connectivity index (χ4n) is 7.10. The van der Waals surface area contributed by atoms with E-state index in [9.17, 15) is 10.1 Å². The smallest absolute Gasteiger partial charge is 0.258 e. The normalized spacial score (nSPS) is 14.0. The zero-order chi connectivity index (χ0) is 34.3. The van der Waals surface area contributed by atoms with E-state index < -0.39 is 16.8 Å². The van der Waals surface area contributed by atoms with Crippen molar-refractivity contribution in [2.24, 2.45) is 0 Å². The molecule has 0 unspecified atom stereocenters. The monoisotopic (exact) mass is 766 g/mol. The Hall–Kier alpha value is -4.03. The number of halogens is 2. The van der Waals surface area contributed by atoms with Crippen LogP contribution in [0.15, 0.2) is 97.3 Å². The van der Waals surface area contributed by atoms with Crippen molar-refractivity contribution in [2.45, 2.75) is 41.5 Å². The number of aryl methyl sites for hydroxylation is 6. The van der Waals surface area contributed by atoms with Gasteiger partial charge in [0.25, 0.3) is 5.69 Å². The number of rotatable bonds is 3. The molecule has 1 fully saturated rings. The Bertz CT molecular complexity index is 2040. The van der Waals surface area contributed by atoms with Gasteiger partial charge in [-0.1, -0.05) is 0 Å². The van der Waals surface area contributed by atoms with Gasteiger partial charge in [0.15, 0.2) is 0 Å². The van der Waals surface area contributed by atoms with Gasteiger partial charge in [0, 0.05) is 12.3 Å². The van der Waals surface area contributed by atoms with Crippen molar-refractivity contribution in [1.29, 1.82) is 0 Å². The van der Waals surface area contributed by atoms with E-state index in [0.717, 1.165) is 21.6 Å². The minimum Gasteiger partial charge on any atom is -0.258 e. The second kappa shape index (κ2) is 13.5. The van der Waals surface area contributed by atoms with Crippen LogP contribution < -0.4 is 9.80 Å². The molecule has 1 aliphatic carbocycles. The third-order valence-electron chi connectivity index (χ3n) is 8.67. The van der Waals surface area contributed by atoms with Gasteiger partial charge in [0.2, 0.25) is 0 Å². The zero-order valence-corrected chi connectivity index (χ0v) is 31.1. The van der Waals surface area contributed by atoms with Gasteiger partial charge < -0.3 is 0 Å². The van der Waals surface area contributed by atoms with E-state index in [0.29, 0.717) is 0 Å². The van der Waals surface area contributed by atoms with Crippen LogP contribution in [0, 0.1) is 51.7 Å². The third kappa shape index (κ3) is 6.16. The Balaban J connectivity index is 0.000000388. The molecule has 6 nitrogen and oxygen atoms in total. The molecule has 2 aliphatic rings. The zero-order valence-electron chi connectivity index (χ0n) is 27.9. The van der Waals surface area contributed by atoms with E-state index in [4.69, 9.17) is 19.4 Å². The van der Waals surface area contributed by atoms with Crippen LogP contribution >= 0.6 is 19.4 Å². The summed E-state index contributed by atoms with van der Waals surface area (Å²) in [5.41, 5.74) is 14.8. The molecule has 0 saturated carbocycles. The van der Waals surface area contributed by atoms with Crippen LogP contribution in [0.1, 0.15) is 44.5 Å². The van der Waals surface area contributed by atoms with Gasteiger partial charge in [-0.2, -0.15) is 0 Å². The second-order valence-electron chi connectivity index (χ2n) is 12.3. The number of nitro groups is 1. The van der Waals surface area contributed by atoms with Crippen LogP contribution in [0.4, 0.5) is 17.1 Å². The number of hydrogen-bond acceptors (Lipinski definition) is 5. The van der Waals surface area contributed by atoms with Gasteiger partial charge in [-0.25, -0.2) is 0 Å². The molecule has 1 saturated heterocycles. The first-order valence-corrected chi connectivity index (χ1v) is 21.9. The molecule has 0 spiro atoms. The summed E-state index contributed by atoms with van der Waals surface area (Å²) in [4.78, 5) is 18.0. The molecular weight excluding hydrogens is 728 g/mol. The maximum Gasteiger partial charge on any atom is 0.287 e. The van der Waals surface area contributed by atoms with Crippen molar-refractivity contribution in [1.82, 2.24) is 4.98 Å². The first-order chi connectivity index (χ1) is 22.9. The van der Waals surface area contributed by atoms with Gasteiger partial charge in [-0.05, 0) is 6.07 Å². The van der Waals surface area contributed by atoms with Gasteiger partial charge >= 0.3 is 244 Å². The maximum atomic E-state index is 9.97. The molecular formula is C39H38Cl2N4O2Ru. The molecule has 0 bridgehead atoms. The first-order valence-electron chi connectivity index (χ1n) is 15.7. The van der Waals surface area contributed by atoms with Crippen LogP contribution in [0.3, 0.4) is 0 Å². The molecule has 0 radical (unpaired) electrons. The Labute approximate surface area is 292 Å². The molecule has 7 rings (SSSR count). The number of aromatic nitrogens is 1. The average molecular weight is 767 g/mol. The molecule has 5 aromatic rings. The standard InChI is InChI=1S/C21H26N2.C13H8.C5H4N2O2.2ClH.Ru/c1-14-9-16(3)20(17(4)10-14)22-7-8-23(13-22)21-18(5)11-15(2)12-19(21)6;1-3-7-12-10(5-1)9-11-6-2-4-8-13(11)12;8-7(9)5-2-1-3-6-4-5;;;/h9-12H,7-8H2,1-6H3;1-8H;1-4H;2*1H;/q;;;;;+2/p-2. The Kier molecular flexibility index (Phi) is 9.50. The minimum absolute atomic E-state index is 0.0255. The SMILES string of the molecule is Cc1cc(C)c(N2CCN(c3c(C)cc(C)cc3C)[C]2=[Ru]([Cl])([Cl])=[C]2c3ccccc3-c3ccccc32)c(C)c1.O=[N+]([O-])c1cccnc1. The summed E-state index contributed by atoms with van der Waals surface area (Å²) < 4.78 is 2.19. The van der Waals surface area contributed by atoms with E-state index in [2.05, 4.69) is 129 Å². The van der Waals surface area contributed by atoms with Crippen molar-refractivity contribution in [3.63, 3.8) is 0 Å². The number of anilines is 2. The molecule has 1 aromatic heterocycles. The van der Waals surface area contributed by atoms with E-state index in [1.165, 1.54) is 91.5 Å². The van der Waals surface area contributed by atoms with Gasteiger partial charge in [-0.3, -0.25) is 15.1 Å². The molecule has 0 N–H and O–H groups in total. The van der Waals surface area contributed by atoms with Crippen molar-refractivity contribution >= 4 is 44.9 Å². The van der Waals surface area contributed by atoms with E-state index >= 15 is 0 Å². The summed E-state index contributed by atoms with van der Waals surface area (Å²) in [6.45, 7) is 14.8. The number of benzene rings is 4. The van der Waals surface area contributed by atoms with Gasteiger partial charge in [-0.15, -0.1) is 0 Å². The predicted octanol–water partition coefficient (Wildman–Crippen LogP) is 9.65.